The Kier molecular flexibility index (Phi) is 6.62. The Hall–Kier alpha value is -4.62. The maximum Gasteiger partial charge on any atom is 0.283 e. The van der Waals surface area contributed by atoms with Crippen LogP contribution in [-0.4, -0.2) is 24.3 Å². The van der Waals surface area contributed by atoms with Crippen molar-refractivity contribution < 1.29 is 19.1 Å². The lowest BCUT2D eigenvalue weighted by atomic mass is 10.1. The smallest absolute Gasteiger partial charge is 0.283 e. The second kappa shape index (κ2) is 10.2. The van der Waals surface area contributed by atoms with E-state index in [1.807, 2.05) is 49.4 Å². The number of imide groups is 1. The molecule has 5 rings (SSSR count). The van der Waals surface area contributed by atoms with Crippen LogP contribution >= 0.6 is 11.6 Å². The average molecular weight is 512 g/mol. The van der Waals surface area contributed by atoms with E-state index >= 15 is 0 Å². The van der Waals surface area contributed by atoms with Gasteiger partial charge in [0, 0.05) is 22.3 Å². The Morgan fingerprint density at radius 3 is 2.30 bits per heavy atom. The molecule has 8 heteroatoms. The molecule has 0 aromatic heterocycles. The summed E-state index contributed by atoms with van der Waals surface area (Å²) in [5.74, 6) is -0.831. The summed E-state index contributed by atoms with van der Waals surface area (Å²) in [7, 11) is 0. The highest BCUT2D eigenvalue weighted by molar-refractivity contribution is 6.53. The van der Waals surface area contributed by atoms with E-state index in [9.17, 15) is 14.4 Å². The van der Waals surface area contributed by atoms with Gasteiger partial charge in [0.25, 0.3) is 17.7 Å². The number of amides is 3. The Morgan fingerprint density at radius 1 is 0.865 bits per heavy atom. The molecule has 0 aliphatic carbocycles. The van der Waals surface area contributed by atoms with E-state index in [2.05, 4.69) is 10.6 Å². The highest BCUT2D eigenvalue weighted by Crippen LogP contribution is 2.31. The van der Waals surface area contributed by atoms with Gasteiger partial charge >= 0.3 is 0 Å². The molecule has 2 N–H and O–H groups in total. The predicted molar refractivity (Wildman–Crippen MR) is 145 cm³/mol. The SMILES string of the molecule is CCOc1ccc(N2C(=O)C(Cl)=C(Nc3ccc(C(=O)Nc4cccc5ccccc45)cc3)C2=O)cc1. The maximum atomic E-state index is 13.0. The van der Waals surface area contributed by atoms with Crippen molar-refractivity contribution in [2.24, 2.45) is 0 Å². The quantitative estimate of drug-likeness (QED) is 0.300. The van der Waals surface area contributed by atoms with Crippen LogP contribution in [0.2, 0.25) is 0 Å². The molecule has 4 aromatic rings. The molecule has 0 unspecified atom stereocenters. The molecule has 0 radical (unpaired) electrons. The molecular weight excluding hydrogens is 490 g/mol. The molecule has 0 fully saturated rings. The monoisotopic (exact) mass is 511 g/mol. The van der Waals surface area contributed by atoms with Crippen LogP contribution in [0.4, 0.5) is 17.1 Å². The largest absolute Gasteiger partial charge is 0.494 e. The number of fused-ring (bicyclic) bond motifs is 1. The Balaban J connectivity index is 1.29. The average Bonchev–Trinajstić information content (AvgIpc) is 3.13. The van der Waals surface area contributed by atoms with Crippen LogP contribution in [0, 0.1) is 0 Å². The number of hydrogen-bond acceptors (Lipinski definition) is 5. The molecule has 0 saturated heterocycles. The van der Waals surface area contributed by atoms with Crippen LogP contribution in [0.5, 0.6) is 5.75 Å². The van der Waals surface area contributed by atoms with Crippen molar-refractivity contribution in [2.75, 3.05) is 22.1 Å². The highest BCUT2D eigenvalue weighted by atomic mass is 35.5. The van der Waals surface area contributed by atoms with E-state index in [4.69, 9.17) is 16.3 Å². The van der Waals surface area contributed by atoms with Gasteiger partial charge in [-0.1, -0.05) is 48.0 Å². The van der Waals surface area contributed by atoms with Crippen molar-refractivity contribution in [3.05, 3.63) is 107 Å². The van der Waals surface area contributed by atoms with E-state index in [0.717, 1.165) is 15.7 Å². The van der Waals surface area contributed by atoms with Gasteiger partial charge in [-0.3, -0.25) is 14.4 Å². The normalized spacial score (nSPS) is 13.3. The minimum atomic E-state index is -0.621. The van der Waals surface area contributed by atoms with Gasteiger partial charge in [-0.25, -0.2) is 4.90 Å². The predicted octanol–water partition coefficient (Wildman–Crippen LogP) is 5.93. The summed E-state index contributed by atoms with van der Waals surface area (Å²) in [4.78, 5) is 39.6. The lowest BCUT2D eigenvalue weighted by Gasteiger charge is -2.15. The Labute approximate surface area is 218 Å². The van der Waals surface area contributed by atoms with Gasteiger partial charge in [0.15, 0.2) is 0 Å². The van der Waals surface area contributed by atoms with E-state index < -0.39 is 11.8 Å². The maximum absolute atomic E-state index is 13.0. The van der Waals surface area contributed by atoms with Crippen LogP contribution in [0.25, 0.3) is 10.8 Å². The molecule has 1 heterocycles. The number of rotatable bonds is 7. The Morgan fingerprint density at radius 2 is 1.57 bits per heavy atom. The van der Waals surface area contributed by atoms with Crippen molar-refractivity contribution in [1.29, 1.82) is 0 Å². The highest BCUT2D eigenvalue weighted by Gasteiger charge is 2.39. The number of ether oxygens (including phenoxy) is 1. The number of benzene rings is 4. The molecule has 0 saturated carbocycles. The fraction of sp³-hybridized carbons (Fsp3) is 0.0690. The number of nitrogens with one attached hydrogen (secondary N) is 2. The van der Waals surface area contributed by atoms with Crippen molar-refractivity contribution in [1.82, 2.24) is 0 Å². The fourth-order valence-corrected chi connectivity index (χ4v) is 4.29. The third kappa shape index (κ3) is 4.77. The first-order chi connectivity index (χ1) is 18.0. The summed E-state index contributed by atoms with van der Waals surface area (Å²) in [5, 5.41) is 7.63. The van der Waals surface area contributed by atoms with E-state index in [0.29, 0.717) is 35.0 Å². The summed E-state index contributed by atoms with van der Waals surface area (Å²) in [6, 6.07) is 26.7. The molecule has 37 heavy (non-hydrogen) atoms. The first-order valence-electron chi connectivity index (χ1n) is 11.6. The van der Waals surface area contributed by atoms with Crippen LogP contribution in [0.15, 0.2) is 102 Å². The third-order valence-corrected chi connectivity index (χ3v) is 6.24. The van der Waals surface area contributed by atoms with Gasteiger partial charge in [-0.2, -0.15) is 0 Å². The van der Waals surface area contributed by atoms with Crippen LogP contribution < -0.4 is 20.3 Å². The number of carbonyl (C=O) groups excluding carboxylic acids is 3. The number of hydrogen-bond donors (Lipinski definition) is 2. The zero-order valence-corrected chi connectivity index (χ0v) is 20.6. The number of nitrogens with zero attached hydrogens (tertiary/aromatic N) is 1. The van der Waals surface area contributed by atoms with Crippen LogP contribution in [0.3, 0.4) is 0 Å². The molecule has 1 aliphatic rings. The summed E-state index contributed by atoms with van der Waals surface area (Å²) >= 11 is 6.24. The minimum Gasteiger partial charge on any atom is -0.494 e. The van der Waals surface area contributed by atoms with E-state index in [-0.39, 0.29) is 16.6 Å². The van der Waals surface area contributed by atoms with Gasteiger partial charge < -0.3 is 15.4 Å². The second-order valence-corrected chi connectivity index (χ2v) is 8.62. The summed E-state index contributed by atoms with van der Waals surface area (Å²) in [6.07, 6.45) is 0. The standard InChI is InChI=1S/C29H22ClN3O4/c1-2-37-22-16-14-21(15-17-22)33-28(35)25(30)26(29(33)36)31-20-12-10-19(11-13-20)27(34)32-24-9-5-7-18-6-3-4-8-23(18)24/h3-17,31H,2H2,1H3,(H,32,34). The fourth-order valence-electron chi connectivity index (χ4n) is 4.08. The van der Waals surface area contributed by atoms with Crippen LogP contribution in [-0.2, 0) is 9.59 Å². The molecule has 184 valence electrons. The topological polar surface area (TPSA) is 87.7 Å². The number of halogens is 1. The minimum absolute atomic E-state index is 0.0338. The molecule has 1 aliphatic heterocycles. The van der Waals surface area contributed by atoms with Gasteiger partial charge in [-0.15, -0.1) is 0 Å². The zero-order chi connectivity index (χ0) is 25.9. The Bertz CT molecular complexity index is 1540. The van der Waals surface area contributed by atoms with Crippen molar-refractivity contribution in [2.45, 2.75) is 6.92 Å². The number of anilines is 3. The van der Waals surface area contributed by atoms with Crippen molar-refractivity contribution >= 4 is 57.2 Å². The van der Waals surface area contributed by atoms with E-state index in [1.165, 1.54) is 0 Å². The summed E-state index contributed by atoms with van der Waals surface area (Å²) < 4.78 is 5.41. The second-order valence-electron chi connectivity index (χ2n) is 8.24. The molecule has 3 amide bonds. The van der Waals surface area contributed by atoms with Crippen molar-refractivity contribution in [3.8, 4) is 5.75 Å². The first kappa shape index (κ1) is 24.1. The van der Waals surface area contributed by atoms with Crippen molar-refractivity contribution in [3.63, 3.8) is 0 Å². The molecule has 0 atom stereocenters. The van der Waals surface area contributed by atoms with Gasteiger partial charge in [0.1, 0.15) is 16.5 Å². The molecule has 0 bridgehead atoms. The summed E-state index contributed by atoms with van der Waals surface area (Å²) in [6.45, 7) is 2.37. The first-order valence-corrected chi connectivity index (χ1v) is 12.0. The summed E-state index contributed by atoms with van der Waals surface area (Å²) in [5.41, 5.74) is 2.00. The van der Waals surface area contributed by atoms with Gasteiger partial charge in [-0.05, 0) is 66.9 Å². The van der Waals surface area contributed by atoms with Gasteiger partial charge in [0.2, 0.25) is 0 Å². The lowest BCUT2D eigenvalue weighted by molar-refractivity contribution is -0.120. The zero-order valence-electron chi connectivity index (χ0n) is 19.8. The van der Waals surface area contributed by atoms with E-state index in [1.54, 1.807) is 48.5 Å². The van der Waals surface area contributed by atoms with Gasteiger partial charge in [0.05, 0.1) is 12.3 Å². The molecule has 0 spiro atoms. The number of carbonyl (C=O) groups is 3. The molecule has 4 aromatic carbocycles. The lowest BCUT2D eigenvalue weighted by Crippen LogP contribution is -2.32. The van der Waals surface area contributed by atoms with Crippen LogP contribution in [0.1, 0.15) is 17.3 Å². The molecule has 7 nitrogen and oxygen atoms in total. The molecular formula is C29H22ClN3O4. The third-order valence-electron chi connectivity index (χ3n) is 5.89.